The molecule has 2 aliphatic carbocycles. The first-order valence-electron chi connectivity index (χ1n) is 8.00. The number of aromatic nitrogens is 2. The predicted molar refractivity (Wildman–Crippen MR) is 79.0 cm³/mol. The average Bonchev–Trinajstić information content (AvgIpc) is 3.17. The molecule has 1 aromatic rings. The van der Waals surface area contributed by atoms with Gasteiger partial charge in [-0.3, -0.25) is 0 Å². The van der Waals surface area contributed by atoms with Gasteiger partial charge < -0.3 is 9.84 Å². The Bertz CT molecular complexity index is 430. The van der Waals surface area contributed by atoms with Crippen molar-refractivity contribution in [3.05, 3.63) is 11.7 Å². The molecule has 0 spiro atoms. The van der Waals surface area contributed by atoms with E-state index in [9.17, 15) is 0 Å². The van der Waals surface area contributed by atoms with Crippen molar-refractivity contribution in [3.63, 3.8) is 0 Å². The Kier molecular flexibility index (Phi) is 4.32. The monoisotopic (exact) mass is 297 g/mol. The minimum absolute atomic E-state index is 0. The van der Waals surface area contributed by atoms with Crippen molar-refractivity contribution in [2.75, 3.05) is 0 Å². The molecule has 112 valence electrons. The number of nitrogens with one attached hydrogen (secondary N) is 1. The minimum atomic E-state index is 0. The highest BCUT2D eigenvalue weighted by Crippen LogP contribution is 2.39. The van der Waals surface area contributed by atoms with E-state index in [-0.39, 0.29) is 12.4 Å². The second-order valence-electron chi connectivity index (χ2n) is 6.58. The standard InChI is InChI=1S/C15H23N3O.ClH/c1-2-6-10(5-1)14-17-15(19-18-14)13-9-11-7-3-4-8-12(11)16-13;/h10-13,16H,1-9H2;1H. The van der Waals surface area contributed by atoms with Crippen molar-refractivity contribution >= 4 is 12.4 Å². The van der Waals surface area contributed by atoms with Crippen LogP contribution in [0.15, 0.2) is 4.52 Å². The third-order valence-electron chi connectivity index (χ3n) is 5.34. The van der Waals surface area contributed by atoms with Gasteiger partial charge in [0, 0.05) is 12.0 Å². The van der Waals surface area contributed by atoms with Crippen LogP contribution in [0.2, 0.25) is 0 Å². The zero-order valence-electron chi connectivity index (χ0n) is 11.9. The van der Waals surface area contributed by atoms with Gasteiger partial charge in [-0.1, -0.05) is 30.8 Å². The van der Waals surface area contributed by atoms with E-state index in [1.807, 2.05) is 0 Å². The van der Waals surface area contributed by atoms with Crippen molar-refractivity contribution in [2.45, 2.75) is 75.8 Å². The van der Waals surface area contributed by atoms with Gasteiger partial charge in [0.1, 0.15) is 0 Å². The summed E-state index contributed by atoms with van der Waals surface area (Å²) in [4.78, 5) is 4.69. The van der Waals surface area contributed by atoms with Crippen molar-refractivity contribution < 1.29 is 4.52 Å². The van der Waals surface area contributed by atoms with E-state index in [2.05, 4.69) is 10.5 Å². The van der Waals surface area contributed by atoms with Crippen LogP contribution in [0.25, 0.3) is 0 Å². The highest BCUT2D eigenvalue weighted by molar-refractivity contribution is 5.85. The Balaban J connectivity index is 0.00000121. The molecule has 1 aliphatic heterocycles. The Labute approximate surface area is 126 Å². The molecular weight excluding hydrogens is 274 g/mol. The van der Waals surface area contributed by atoms with Crippen molar-refractivity contribution in [1.29, 1.82) is 0 Å². The Morgan fingerprint density at radius 2 is 1.75 bits per heavy atom. The number of nitrogens with zero attached hydrogens (tertiary/aromatic N) is 2. The van der Waals surface area contributed by atoms with Crippen LogP contribution in [0.4, 0.5) is 0 Å². The maximum Gasteiger partial charge on any atom is 0.243 e. The molecular formula is C15H24ClN3O. The lowest BCUT2D eigenvalue weighted by Gasteiger charge is -2.24. The number of hydrogen-bond donors (Lipinski definition) is 1. The van der Waals surface area contributed by atoms with E-state index in [1.54, 1.807) is 0 Å². The molecule has 4 rings (SSSR count). The van der Waals surface area contributed by atoms with Crippen LogP contribution < -0.4 is 5.32 Å². The molecule has 0 aromatic carbocycles. The fourth-order valence-electron chi connectivity index (χ4n) is 4.25. The summed E-state index contributed by atoms with van der Waals surface area (Å²) in [6, 6.07) is 1.01. The third-order valence-corrected chi connectivity index (χ3v) is 5.34. The molecule has 2 saturated carbocycles. The van der Waals surface area contributed by atoms with Gasteiger partial charge in [0.25, 0.3) is 0 Å². The fraction of sp³-hybridized carbons (Fsp3) is 0.867. The lowest BCUT2D eigenvalue weighted by molar-refractivity contribution is 0.323. The second-order valence-corrected chi connectivity index (χ2v) is 6.58. The van der Waals surface area contributed by atoms with Crippen molar-refractivity contribution in [2.24, 2.45) is 5.92 Å². The van der Waals surface area contributed by atoms with E-state index in [1.165, 1.54) is 57.8 Å². The summed E-state index contributed by atoms with van der Waals surface area (Å²) in [6.45, 7) is 0. The largest absolute Gasteiger partial charge is 0.338 e. The second kappa shape index (κ2) is 6.02. The summed E-state index contributed by atoms with van der Waals surface area (Å²) in [6.07, 6.45) is 11.8. The quantitative estimate of drug-likeness (QED) is 0.903. The SMILES string of the molecule is C1CCC(c2noc(C3CC4CCCCC4N3)n2)C1.Cl. The highest BCUT2D eigenvalue weighted by atomic mass is 35.5. The molecule has 0 radical (unpaired) electrons. The summed E-state index contributed by atoms with van der Waals surface area (Å²) in [5, 5.41) is 7.95. The molecule has 3 atom stereocenters. The van der Waals surface area contributed by atoms with Gasteiger partial charge in [-0.15, -0.1) is 12.4 Å². The van der Waals surface area contributed by atoms with Crippen LogP contribution in [0, 0.1) is 5.92 Å². The molecule has 3 fully saturated rings. The molecule has 0 amide bonds. The van der Waals surface area contributed by atoms with Crippen molar-refractivity contribution in [1.82, 2.24) is 15.5 Å². The first kappa shape index (κ1) is 14.3. The summed E-state index contributed by atoms with van der Waals surface area (Å²) < 4.78 is 5.54. The van der Waals surface area contributed by atoms with E-state index in [0.717, 1.165) is 17.6 Å². The van der Waals surface area contributed by atoms with E-state index >= 15 is 0 Å². The topological polar surface area (TPSA) is 51.0 Å². The van der Waals surface area contributed by atoms with Gasteiger partial charge in [0.05, 0.1) is 6.04 Å². The summed E-state index contributed by atoms with van der Waals surface area (Å²) in [5.41, 5.74) is 0. The zero-order chi connectivity index (χ0) is 12.7. The Hall–Kier alpha value is -0.610. The zero-order valence-corrected chi connectivity index (χ0v) is 12.7. The van der Waals surface area contributed by atoms with Gasteiger partial charge >= 0.3 is 0 Å². The van der Waals surface area contributed by atoms with Crippen LogP contribution in [0.1, 0.15) is 81.5 Å². The number of hydrogen-bond acceptors (Lipinski definition) is 4. The summed E-state index contributed by atoms with van der Waals surface area (Å²) in [7, 11) is 0. The molecule has 20 heavy (non-hydrogen) atoms. The van der Waals surface area contributed by atoms with Crippen LogP contribution in [-0.4, -0.2) is 16.2 Å². The highest BCUT2D eigenvalue weighted by Gasteiger charge is 2.38. The number of fused-ring (bicyclic) bond motifs is 1. The van der Waals surface area contributed by atoms with Crippen LogP contribution >= 0.6 is 12.4 Å². The van der Waals surface area contributed by atoms with E-state index in [0.29, 0.717) is 18.0 Å². The minimum Gasteiger partial charge on any atom is -0.338 e. The maximum atomic E-state index is 5.54. The molecule has 5 heteroatoms. The third kappa shape index (κ3) is 2.60. The lowest BCUT2D eigenvalue weighted by atomic mass is 9.85. The normalized spacial score (nSPS) is 33.9. The smallest absolute Gasteiger partial charge is 0.243 e. The van der Waals surface area contributed by atoms with Crippen LogP contribution in [-0.2, 0) is 0 Å². The summed E-state index contributed by atoms with van der Waals surface area (Å²) >= 11 is 0. The van der Waals surface area contributed by atoms with Gasteiger partial charge in [0.2, 0.25) is 5.89 Å². The average molecular weight is 298 g/mol. The van der Waals surface area contributed by atoms with Crippen molar-refractivity contribution in [3.8, 4) is 0 Å². The molecule has 2 heterocycles. The lowest BCUT2D eigenvalue weighted by Crippen LogP contribution is -2.30. The molecule has 1 aromatic heterocycles. The molecule has 0 bridgehead atoms. The molecule has 4 nitrogen and oxygen atoms in total. The summed E-state index contributed by atoms with van der Waals surface area (Å²) in [5.74, 6) is 3.20. The Morgan fingerprint density at radius 3 is 2.55 bits per heavy atom. The number of rotatable bonds is 2. The molecule has 3 aliphatic rings. The first-order chi connectivity index (χ1) is 9.40. The van der Waals surface area contributed by atoms with Crippen LogP contribution in [0.3, 0.4) is 0 Å². The molecule has 1 saturated heterocycles. The van der Waals surface area contributed by atoms with E-state index < -0.39 is 0 Å². The Morgan fingerprint density at radius 1 is 1.00 bits per heavy atom. The van der Waals surface area contributed by atoms with Gasteiger partial charge in [-0.25, -0.2) is 0 Å². The maximum absolute atomic E-state index is 5.54. The van der Waals surface area contributed by atoms with Gasteiger partial charge in [-0.05, 0) is 38.0 Å². The van der Waals surface area contributed by atoms with Crippen LogP contribution in [0.5, 0.6) is 0 Å². The predicted octanol–water partition coefficient (Wildman–Crippen LogP) is 3.74. The first-order valence-corrected chi connectivity index (χ1v) is 8.00. The fourth-order valence-corrected chi connectivity index (χ4v) is 4.25. The molecule has 1 N–H and O–H groups in total. The van der Waals surface area contributed by atoms with Gasteiger partial charge in [0.15, 0.2) is 5.82 Å². The van der Waals surface area contributed by atoms with Gasteiger partial charge in [-0.2, -0.15) is 4.98 Å². The number of halogens is 1. The van der Waals surface area contributed by atoms with E-state index in [4.69, 9.17) is 9.51 Å². The molecule has 3 unspecified atom stereocenters.